The minimum absolute atomic E-state index is 0.0134. The Morgan fingerprint density at radius 2 is 1.73 bits per heavy atom. The Morgan fingerprint density at radius 3 is 2.51 bits per heavy atom. The predicted molar refractivity (Wildman–Crippen MR) is 164 cm³/mol. The predicted octanol–water partition coefficient (Wildman–Crippen LogP) is 6.50. The Balaban J connectivity index is 1.18. The Bertz CT molecular complexity index is 1680. The van der Waals surface area contributed by atoms with Crippen LogP contribution in [-0.2, 0) is 0 Å². The van der Waals surface area contributed by atoms with E-state index in [4.69, 9.17) is 0 Å². The molecule has 0 spiro atoms. The van der Waals surface area contributed by atoms with Crippen LogP contribution >= 0.6 is 11.3 Å². The van der Waals surface area contributed by atoms with Gasteiger partial charge >= 0.3 is 0 Å². The third-order valence-corrected chi connectivity index (χ3v) is 8.48. The number of aryl methyl sites for hydroxylation is 2. The third-order valence-electron chi connectivity index (χ3n) is 7.32. The number of thiophene rings is 1. The van der Waals surface area contributed by atoms with E-state index in [-0.39, 0.29) is 17.7 Å². The molecule has 1 aliphatic heterocycles. The summed E-state index contributed by atoms with van der Waals surface area (Å²) in [6.45, 7) is 4.20. The second-order valence-corrected chi connectivity index (χ2v) is 11.6. The number of carbonyl (C=O) groups excluding carboxylic acids is 3. The summed E-state index contributed by atoms with van der Waals surface area (Å²) in [7, 11) is 0. The van der Waals surface area contributed by atoms with Crippen LogP contribution in [0, 0.1) is 13.8 Å². The molecule has 2 N–H and O–H groups in total. The highest BCUT2D eigenvalue weighted by molar-refractivity contribution is 7.15. The first kappa shape index (κ1) is 26.7. The van der Waals surface area contributed by atoms with Gasteiger partial charge in [-0.1, -0.05) is 18.2 Å². The van der Waals surface area contributed by atoms with Crippen molar-refractivity contribution in [2.45, 2.75) is 39.2 Å². The summed E-state index contributed by atoms with van der Waals surface area (Å²) in [5.41, 5.74) is 6.13. The first-order valence-corrected chi connectivity index (χ1v) is 14.5. The largest absolute Gasteiger partial charge is 0.349 e. The molecule has 3 heterocycles. The molecule has 0 saturated heterocycles. The monoisotopic (exact) mass is 562 g/mol. The Hall–Kier alpha value is -4.56. The lowest BCUT2D eigenvalue weighted by Crippen LogP contribution is -2.32. The van der Waals surface area contributed by atoms with Gasteiger partial charge in [-0.15, -0.1) is 11.3 Å². The van der Waals surface area contributed by atoms with E-state index in [2.05, 4.69) is 21.7 Å². The van der Waals surface area contributed by atoms with Crippen LogP contribution in [0.4, 0.5) is 11.4 Å². The number of anilines is 2. The van der Waals surface area contributed by atoms with Gasteiger partial charge in [0.2, 0.25) is 0 Å². The smallest absolute Gasteiger partial charge is 0.261 e. The SMILES string of the molecule is Cc1cnc(C)c(C(=O)Nc2ccc(C(=O)N3CCC(c4ccc(C(=O)NC5CC5)s4)=Cc4ccccc43)cc2)c1. The minimum atomic E-state index is -0.236. The lowest BCUT2D eigenvalue weighted by atomic mass is 10.1. The summed E-state index contributed by atoms with van der Waals surface area (Å²) in [4.78, 5) is 46.9. The molecule has 4 aromatic rings. The molecule has 2 aromatic heterocycles. The van der Waals surface area contributed by atoms with Crippen molar-refractivity contribution < 1.29 is 14.4 Å². The Morgan fingerprint density at radius 1 is 0.951 bits per heavy atom. The zero-order valence-electron chi connectivity index (χ0n) is 22.9. The van der Waals surface area contributed by atoms with Crippen molar-refractivity contribution in [2.75, 3.05) is 16.8 Å². The van der Waals surface area contributed by atoms with Crippen molar-refractivity contribution in [3.8, 4) is 0 Å². The van der Waals surface area contributed by atoms with Crippen LogP contribution in [0.5, 0.6) is 0 Å². The van der Waals surface area contributed by atoms with E-state index in [0.29, 0.717) is 46.4 Å². The zero-order chi connectivity index (χ0) is 28.5. The van der Waals surface area contributed by atoms with Crippen molar-refractivity contribution in [2.24, 2.45) is 0 Å². The minimum Gasteiger partial charge on any atom is -0.349 e. The highest BCUT2D eigenvalue weighted by atomic mass is 32.1. The van der Waals surface area contributed by atoms with Gasteiger partial charge in [0, 0.05) is 40.6 Å². The lowest BCUT2D eigenvalue weighted by molar-refractivity contribution is 0.0952. The van der Waals surface area contributed by atoms with Crippen molar-refractivity contribution in [3.63, 3.8) is 0 Å². The highest BCUT2D eigenvalue weighted by Gasteiger charge is 2.26. The average molecular weight is 563 g/mol. The van der Waals surface area contributed by atoms with E-state index in [1.165, 1.54) is 11.3 Å². The molecule has 0 radical (unpaired) electrons. The quantitative estimate of drug-likeness (QED) is 0.281. The van der Waals surface area contributed by atoms with Crippen LogP contribution in [0.25, 0.3) is 11.6 Å². The van der Waals surface area contributed by atoms with Gasteiger partial charge in [-0.2, -0.15) is 0 Å². The molecule has 7 nitrogen and oxygen atoms in total. The second kappa shape index (κ2) is 11.1. The molecule has 1 fully saturated rings. The number of aromatic nitrogens is 1. The van der Waals surface area contributed by atoms with Crippen LogP contribution < -0.4 is 15.5 Å². The van der Waals surface area contributed by atoms with Crippen LogP contribution in [0.1, 0.15) is 71.3 Å². The molecule has 3 amide bonds. The van der Waals surface area contributed by atoms with Crippen molar-refractivity contribution >= 4 is 52.1 Å². The van der Waals surface area contributed by atoms with Gasteiger partial charge in [-0.25, -0.2) is 0 Å². The molecule has 41 heavy (non-hydrogen) atoms. The highest BCUT2D eigenvalue weighted by Crippen LogP contribution is 2.36. The van der Waals surface area contributed by atoms with E-state index in [9.17, 15) is 14.4 Å². The van der Waals surface area contributed by atoms with E-state index in [1.807, 2.05) is 54.3 Å². The van der Waals surface area contributed by atoms with E-state index < -0.39 is 0 Å². The topological polar surface area (TPSA) is 91.4 Å². The van der Waals surface area contributed by atoms with E-state index >= 15 is 0 Å². The molecule has 1 saturated carbocycles. The number of para-hydroxylation sites is 1. The van der Waals surface area contributed by atoms with Crippen LogP contribution in [0.15, 0.2) is 72.9 Å². The molecule has 2 aliphatic rings. The molecular weight excluding hydrogens is 532 g/mol. The van der Waals surface area contributed by atoms with E-state index in [0.717, 1.165) is 40.1 Å². The molecule has 0 atom stereocenters. The van der Waals surface area contributed by atoms with Crippen LogP contribution in [0.2, 0.25) is 0 Å². The van der Waals surface area contributed by atoms with Gasteiger partial charge in [0.05, 0.1) is 16.1 Å². The first-order valence-electron chi connectivity index (χ1n) is 13.7. The van der Waals surface area contributed by atoms with Gasteiger partial charge in [0.15, 0.2) is 0 Å². The van der Waals surface area contributed by atoms with Gasteiger partial charge < -0.3 is 15.5 Å². The van der Waals surface area contributed by atoms with Crippen molar-refractivity contribution in [1.82, 2.24) is 10.3 Å². The summed E-state index contributed by atoms with van der Waals surface area (Å²) in [5, 5.41) is 5.96. The van der Waals surface area contributed by atoms with Crippen molar-refractivity contribution in [3.05, 3.63) is 111 Å². The number of hydrogen-bond donors (Lipinski definition) is 2. The summed E-state index contributed by atoms with van der Waals surface area (Å²) < 4.78 is 0. The number of fused-ring (bicyclic) bond motifs is 1. The maximum Gasteiger partial charge on any atom is 0.261 e. The van der Waals surface area contributed by atoms with Crippen LogP contribution in [-0.4, -0.2) is 35.3 Å². The maximum atomic E-state index is 13.8. The average Bonchev–Trinajstić information content (AvgIpc) is 3.70. The fraction of sp³-hybridized carbons (Fsp3) is 0.212. The fourth-order valence-electron chi connectivity index (χ4n) is 4.91. The van der Waals surface area contributed by atoms with E-state index in [1.54, 1.807) is 37.4 Å². The zero-order valence-corrected chi connectivity index (χ0v) is 23.8. The third kappa shape index (κ3) is 5.83. The Kier molecular flexibility index (Phi) is 7.24. The number of nitrogens with one attached hydrogen (secondary N) is 2. The molecule has 1 aliphatic carbocycles. The molecule has 206 valence electrons. The van der Waals surface area contributed by atoms with Gasteiger partial charge in [0.25, 0.3) is 17.7 Å². The number of pyridine rings is 1. The lowest BCUT2D eigenvalue weighted by Gasteiger charge is -2.23. The number of carbonyl (C=O) groups is 3. The maximum absolute atomic E-state index is 13.8. The molecule has 6 rings (SSSR count). The summed E-state index contributed by atoms with van der Waals surface area (Å²) >= 11 is 1.49. The van der Waals surface area contributed by atoms with Crippen LogP contribution in [0.3, 0.4) is 0 Å². The number of rotatable bonds is 6. The van der Waals surface area contributed by atoms with Gasteiger partial charge in [-0.3, -0.25) is 19.4 Å². The molecular formula is C33H30N4O3S. The summed E-state index contributed by atoms with van der Waals surface area (Å²) in [6.07, 6.45) is 6.62. The van der Waals surface area contributed by atoms with Crippen molar-refractivity contribution in [1.29, 1.82) is 0 Å². The number of amides is 3. The second-order valence-electron chi connectivity index (χ2n) is 10.5. The molecule has 0 bridgehead atoms. The summed E-state index contributed by atoms with van der Waals surface area (Å²) in [6, 6.07) is 20.9. The molecule has 8 heteroatoms. The number of hydrogen-bond acceptors (Lipinski definition) is 5. The number of benzene rings is 2. The first-order chi connectivity index (χ1) is 19.9. The fourth-order valence-corrected chi connectivity index (χ4v) is 5.86. The van der Waals surface area contributed by atoms with Gasteiger partial charge in [0.1, 0.15) is 0 Å². The Labute approximate surface area is 242 Å². The molecule has 0 unspecified atom stereocenters. The molecule has 2 aromatic carbocycles. The number of nitrogens with zero attached hydrogens (tertiary/aromatic N) is 2. The summed E-state index contributed by atoms with van der Waals surface area (Å²) in [5.74, 6) is -0.362. The van der Waals surface area contributed by atoms with Gasteiger partial charge in [-0.05, 0) is 104 Å². The normalized spacial score (nSPS) is 14.5. The standard InChI is InChI=1S/C33H30N4O3S/c1-20-17-27(21(2)34-19-20)31(38)35-25-9-7-22(8-10-25)33(40)37-16-15-24(18-23-5-3-4-6-28(23)37)29-13-14-30(41-29)32(39)36-26-11-12-26/h3-10,13-14,17-19,26H,11-12,15-16H2,1-2H3,(H,35,38)(H,36,39).